The minimum absolute atomic E-state index is 0. The van der Waals surface area contributed by atoms with Crippen molar-refractivity contribution in [1.29, 1.82) is 0 Å². The van der Waals surface area contributed by atoms with E-state index < -0.39 is 105 Å². The van der Waals surface area contributed by atoms with Crippen molar-refractivity contribution in [3.8, 4) is 11.1 Å². The molecule has 0 amide bonds. The molecule has 0 aliphatic rings. The summed E-state index contributed by atoms with van der Waals surface area (Å²) < 4.78 is 155. The largest absolute Gasteiger partial charge is 0.0622 e. The molecule has 26 heteroatoms. The summed E-state index contributed by atoms with van der Waals surface area (Å²) in [6.45, 7) is 9.91. The van der Waals surface area contributed by atoms with Crippen molar-refractivity contribution < 1.29 is 100 Å². The summed E-state index contributed by atoms with van der Waals surface area (Å²) in [5, 5.41) is 30.2. The molecule has 137 heavy (non-hydrogen) atoms. The van der Waals surface area contributed by atoms with E-state index in [1.165, 1.54) is 108 Å². The summed E-state index contributed by atoms with van der Waals surface area (Å²) in [5.41, 5.74) is 1.62. The molecule has 0 fully saturated rings. The van der Waals surface area contributed by atoms with Crippen LogP contribution in [0.1, 0.15) is 86.5 Å². The number of carbonyl (C=O) groups is 1. The third-order valence-corrected chi connectivity index (χ3v) is 30.0. The minimum Gasteiger partial charge on any atom is -0.0622 e. The molecule has 0 saturated heterocycles. The van der Waals surface area contributed by atoms with Crippen LogP contribution in [-0.4, -0.2) is 29.6 Å². The molecular formula is C111H98BBr2Cl4F12O3P3Pd. The van der Waals surface area contributed by atoms with Gasteiger partial charge in [0.2, 0.25) is 0 Å². The monoisotopic (exact) mass is 2210 g/mol. The molecule has 3 nitrogen and oxygen atoms in total. The van der Waals surface area contributed by atoms with Crippen LogP contribution in [0.3, 0.4) is 0 Å². The first-order valence-corrected chi connectivity index (χ1v) is 53.0. The second-order valence-electron chi connectivity index (χ2n) is 29.4. The van der Waals surface area contributed by atoms with E-state index in [2.05, 4.69) is 296 Å². The van der Waals surface area contributed by atoms with E-state index in [0.717, 1.165) is 79.9 Å². The van der Waals surface area contributed by atoms with Gasteiger partial charge >= 0.3 is 42.1 Å². The van der Waals surface area contributed by atoms with Gasteiger partial charge in [0.1, 0.15) is 99.3 Å². The van der Waals surface area contributed by atoms with Crippen LogP contribution in [0.2, 0.25) is 10.0 Å². The van der Waals surface area contributed by atoms with Gasteiger partial charge in [-0.15, -0.1) is 0 Å². The molecule has 0 unspecified atom stereocenters. The average molecular weight is 2220 g/mol. The molecule has 0 aliphatic heterocycles. The smallest absolute Gasteiger partial charge is 0.0134 e. The van der Waals surface area contributed by atoms with Gasteiger partial charge < -0.3 is 27.0 Å². The summed E-state index contributed by atoms with van der Waals surface area (Å²) in [4.78, 5) is 9.98. The van der Waals surface area contributed by atoms with Gasteiger partial charge in [0.15, 0.2) is 0 Å². The summed E-state index contributed by atoms with van der Waals surface area (Å²) >= 11 is 13.9. The Morgan fingerprint density at radius 3 is 0.861 bits per heavy atom. The van der Waals surface area contributed by atoms with Crippen molar-refractivity contribution in [3.05, 3.63) is 506 Å². The zero-order valence-electron chi connectivity index (χ0n) is 75.0. The van der Waals surface area contributed by atoms with Gasteiger partial charge in [-0.25, -0.2) is 52.7 Å². The summed E-state index contributed by atoms with van der Waals surface area (Å²) in [5.74, 6) is -7.84. The van der Waals surface area contributed by atoms with Gasteiger partial charge in [-0.3, -0.25) is 4.79 Å². The van der Waals surface area contributed by atoms with Gasteiger partial charge in [0.25, 0.3) is 0 Å². The van der Waals surface area contributed by atoms with E-state index in [0.29, 0.717) is 46.4 Å². The van der Waals surface area contributed by atoms with Crippen LogP contribution in [0.5, 0.6) is 0 Å². The van der Waals surface area contributed by atoms with E-state index in [9.17, 15) is 57.5 Å². The molecule has 0 spiro atoms. The Kier molecular flexibility index (Phi) is 53.9. The first kappa shape index (κ1) is 116. The molecule has 0 saturated carbocycles. The number of aryl methyl sites for hydroxylation is 3. The molecule has 0 atom stereocenters. The van der Waals surface area contributed by atoms with E-state index in [1.807, 2.05) is 20.8 Å². The standard InChI is InChI=1S/C20H20P.2C18H15P.C15H12ClF3.C9H11BF2O2.C9H10F2.C9H8F2.C7H4F2O.C6H3BrClF.BrH.2ClH.Pd/c1-2-21(18-12-6-3-7-13-18,19-14-8-4-9-15-19)20-16-10-5-11-17-20;2*1-4-10-16(11-5-1)19(17-12-6-2-7-13-17)18-14-8-3-9-15-18;1-2-3-9-6-13(18)15(14(19)7-9)10-4-5-11(16)12(17)8-10;1-2-3-6-4-7(11)9(10(13)14)8(12)5-6;2*1-2-3-7-4-8(10)6-9(11)5-7;8-6-1-5(4-10)2-7(9)3-6;7-4-1-2-5(8)6(9)3-4;;;;/h3-17H,2H2,1H3;2*1-15H;4-8H,2-3H2,1H3;4-5,13-14H,2-3H2,1H3;4-6H,2-3H2,1H3;2-6H,1H3;1-4H;1-3H;3*1H;/q+1;;;;;;;;;;;;+2/p-3/b;;;;;;3-2+;;;;;;. The maximum absolute atomic E-state index is 14.0. The average Bonchev–Trinajstić information content (AvgIpc) is 0.756. The molecule has 16 rings (SSSR count). The quantitative estimate of drug-likeness (QED) is 0.0263. The van der Waals surface area contributed by atoms with Crippen LogP contribution in [0.4, 0.5) is 52.7 Å². The van der Waals surface area contributed by atoms with Gasteiger partial charge in [0, 0.05) is 28.2 Å². The predicted molar refractivity (Wildman–Crippen MR) is 551 cm³/mol. The van der Waals surface area contributed by atoms with Crippen LogP contribution < -0.4 is 70.2 Å². The molecule has 16 aromatic rings. The molecule has 0 heterocycles. The SMILES string of the molecule is C/C=C/c1cc(F)cc(F)c1.CCCc1cc(F)c(-c2ccc(Cl)c(F)c2)c(F)c1.CCCc1cc(F)c(B(O)O)c(F)c1.CCCc1cc(F)cc(F)c1.CC[P+](c1ccccc1)(c1ccccc1)c1ccccc1.Fc1cc(Br)ccc1Cl.O=Cc1cc(F)cc(F)c1.[Br-].[Cl][Pd][Cl].c1ccc(P(c2ccccc2)c2ccccc2)cc1.c1ccc(P(c2ccccc2)c2ccccc2)cc1. The molecule has 714 valence electrons. The van der Waals surface area contributed by atoms with E-state index in [4.69, 9.17) is 52.3 Å². The first-order chi connectivity index (χ1) is 65.6. The normalized spacial score (nSPS) is 10.4. The molecule has 0 bridgehead atoms. The number of benzene rings is 16. The fourth-order valence-corrected chi connectivity index (χ4v) is 22.9. The Bertz CT molecular complexity index is 5740. The van der Waals surface area contributed by atoms with Crippen molar-refractivity contribution in [2.75, 3.05) is 6.16 Å². The zero-order chi connectivity index (χ0) is 98.7. The Labute approximate surface area is 844 Å². The van der Waals surface area contributed by atoms with Gasteiger partial charge in [-0.1, -0.05) is 334 Å². The van der Waals surface area contributed by atoms with Crippen LogP contribution in [0, 0.1) is 69.8 Å². The third-order valence-electron chi connectivity index (χ3n) is 19.5. The number of rotatable bonds is 20. The fourth-order valence-electron chi connectivity index (χ4n) is 13.7. The van der Waals surface area contributed by atoms with Crippen LogP contribution in [0.25, 0.3) is 17.2 Å². The van der Waals surface area contributed by atoms with E-state index in [1.54, 1.807) is 25.1 Å². The predicted octanol–water partition coefficient (Wildman–Crippen LogP) is 26.2. The Balaban J connectivity index is 0.000000239. The Hall–Kier alpha value is -9.85. The maximum atomic E-state index is 14.0. The second kappa shape index (κ2) is 63.7. The van der Waals surface area contributed by atoms with Crippen molar-refractivity contribution in [1.82, 2.24) is 0 Å². The zero-order valence-corrected chi connectivity index (χ0v) is 85.4. The summed E-state index contributed by atoms with van der Waals surface area (Å²) in [7, 11) is 5.10. The summed E-state index contributed by atoms with van der Waals surface area (Å²) in [6, 6.07) is 120. The molecule has 0 aromatic heterocycles. The number of halogens is 18. The van der Waals surface area contributed by atoms with E-state index in [-0.39, 0.29) is 59.7 Å². The van der Waals surface area contributed by atoms with Crippen molar-refractivity contribution in [2.24, 2.45) is 0 Å². The molecular weight excluding hydrogens is 2120 g/mol. The number of hydrogen-bond acceptors (Lipinski definition) is 3. The van der Waals surface area contributed by atoms with Crippen molar-refractivity contribution >= 4 is 154 Å². The van der Waals surface area contributed by atoms with Gasteiger partial charge in [0.05, 0.1) is 27.2 Å². The fraction of sp³-hybridized carbons (Fsp3) is 0.108. The van der Waals surface area contributed by atoms with Gasteiger partial charge in [-0.2, -0.15) is 0 Å². The van der Waals surface area contributed by atoms with Gasteiger partial charge in [-0.05, 0) is 236 Å². The van der Waals surface area contributed by atoms with Crippen molar-refractivity contribution in [3.63, 3.8) is 0 Å². The number of aldehydes is 1. The topological polar surface area (TPSA) is 57.5 Å². The number of carbonyl (C=O) groups excluding carboxylic acids is 1. The first-order valence-electron chi connectivity index (χ1n) is 42.7. The Morgan fingerprint density at radius 1 is 0.343 bits per heavy atom. The van der Waals surface area contributed by atoms with Crippen LogP contribution >= 0.6 is 81.3 Å². The third kappa shape index (κ3) is 39.0. The van der Waals surface area contributed by atoms with Crippen LogP contribution in [0.15, 0.2) is 399 Å². The van der Waals surface area contributed by atoms with Crippen LogP contribution in [-0.2, 0) is 35.2 Å². The van der Waals surface area contributed by atoms with Crippen molar-refractivity contribution in [2.45, 2.75) is 73.1 Å². The molecule has 2 N–H and O–H groups in total. The molecule has 0 radical (unpaired) electrons. The summed E-state index contributed by atoms with van der Waals surface area (Å²) in [6.07, 6.45) is 9.29. The molecule has 16 aromatic carbocycles. The second-order valence-corrected chi connectivity index (χ2v) is 41.7. The molecule has 0 aliphatic carbocycles. The van der Waals surface area contributed by atoms with E-state index >= 15 is 0 Å². The number of allylic oxidation sites excluding steroid dienone is 1. The Morgan fingerprint density at radius 2 is 0.606 bits per heavy atom. The maximum Gasteiger partial charge on any atom is -0.0134 e. The minimum atomic E-state index is -2.11. The number of hydrogen-bond donors (Lipinski definition) is 2.